The molecule has 2 heterocycles. The van der Waals surface area contributed by atoms with Crippen molar-refractivity contribution in [1.82, 2.24) is 10.4 Å². The molecule has 0 aliphatic carbocycles. The quantitative estimate of drug-likeness (QED) is 0.753. The summed E-state index contributed by atoms with van der Waals surface area (Å²) in [5.41, 5.74) is 0.271. The standard InChI is InChI=1S/C10H14N2O2S/c1-10(4-3-7-14-10)8-9(15-2)11-5-6-12(8)13/h3,5-7,11,13H,4H2,1-2H3. The molecule has 82 valence electrons. The van der Waals surface area contributed by atoms with Gasteiger partial charge in [0.2, 0.25) is 0 Å². The van der Waals surface area contributed by atoms with E-state index in [0.717, 1.165) is 22.2 Å². The van der Waals surface area contributed by atoms with E-state index in [1.54, 1.807) is 30.4 Å². The molecule has 2 N–H and O–H groups in total. The van der Waals surface area contributed by atoms with E-state index in [2.05, 4.69) is 5.32 Å². The predicted octanol–water partition coefficient (Wildman–Crippen LogP) is 1.98. The van der Waals surface area contributed by atoms with Crippen molar-refractivity contribution in [2.24, 2.45) is 0 Å². The van der Waals surface area contributed by atoms with Crippen molar-refractivity contribution in [3.05, 3.63) is 35.5 Å². The van der Waals surface area contributed by atoms with Gasteiger partial charge in [-0.05, 0) is 19.3 Å². The van der Waals surface area contributed by atoms with Gasteiger partial charge in [-0.2, -0.15) is 0 Å². The second-order valence-corrected chi connectivity index (χ2v) is 4.43. The number of nitrogens with zero attached hydrogens (tertiary/aromatic N) is 1. The first-order valence-electron chi connectivity index (χ1n) is 4.70. The van der Waals surface area contributed by atoms with Crippen LogP contribution in [-0.4, -0.2) is 22.1 Å². The average molecular weight is 226 g/mol. The van der Waals surface area contributed by atoms with Gasteiger partial charge in [-0.3, -0.25) is 5.21 Å². The van der Waals surface area contributed by atoms with Gasteiger partial charge in [0.15, 0.2) is 5.60 Å². The van der Waals surface area contributed by atoms with Crippen molar-refractivity contribution in [3.8, 4) is 0 Å². The molecule has 0 spiro atoms. The number of ether oxygens (including phenoxy) is 1. The molecule has 2 rings (SSSR count). The Labute approximate surface area is 93.2 Å². The van der Waals surface area contributed by atoms with Crippen LogP contribution in [0.25, 0.3) is 0 Å². The van der Waals surface area contributed by atoms with E-state index in [9.17, 15) is 5.21 Å². The van der Waals surface area contributed by atoms with Gasteiger partial charge in [-0.25, -0.2) is 5.06 Å². The third kappa shape index (κ3) is 1.72. The summed E-state index contributed by atoms with van der Waals surface area (Å²) in [4.78, 5) is 0. The van der Waals surface area contributed by atoms with Crippen LogP contribution in [0.2, 0.25) is 0 Å². The van der Waals surface area contributed by atoms with Crippen LogP contribution in [0.15, 0.2) is 35.5 Å². The topological polar surface area (TPSA) is 44.7 Å². The third-order valence-corrected chi connectivity index (χ3v) is 3.23. The first kappa shape index (κ1) is 10.4. The van der Waals surface area contributed by atoms with Crippen molar-refractivity contribution in [3.63, 3.8) is 0 Å². The summed E-state index contributed by atoms with van der Waals surface area (Å²) in [6, 6.07) is 0. The lowest BCUT2D eigenvalue weighted by Crippen LogP contribution is -2.38. The lowest BCUT2D eigenvalue weighted by atomic mass is 9.99. The summed E-state index contributed by atoms with van der Waals surface area (Å²) in [5.74, 6) is 0. The fourth-order valence-corrected chi connectivity index (χ4v) is 2.43. The zero-order chi connectivity index (χ0) is 10.9. The van der Waals surface area contributed by atoms with Gasteiger partial charge in [-0.15, -0.1) is 11.8 Å². The molecule has 0 aromatic carbocycles. The second kappa shape index (κ2) is 3.83. The van der Waals surface area contributed by atoms with Gasteiger partial charge in [0.25, 0.3) is 0 Å². The Morgan fingerprint density at radius 2 is 2.47 bits per heavy atom. The predicted molar refractivity (Wildman–Crippen MR) is 59.7 cm³/mol. The Kier molecular flexibility index (Phi) is 2.67. The van der Waals surface area contributed by atoms with Gasteiger partial charge < -0.3 is 10.1 Å². The SMILES string of the molecule is CSC1=C(C2(C)CC=CO2)N(O)C=CN1. The number of rotatable bonds is 2. The van der Waals surface area contributed by atoms with Crippen LogP contribution in [0.5, 0.6) is 0 Å². The molecule has 15 heavy (non-hydrogen) atoms. The van der Waals surface area contributed by atoms with Crippen LogP contribution < -0.4 is 5.32 Å². The van der Waals surface area contributed by atoms with Crippen molar-refractivity contribution < 1.29 is 9.94 Å². The maximum absolute atomic E-state index is 9.82. The smallest absolute Gasteiger partial charge is 0.154 e. The summed E-state index contributed by atoms with van der Waals surface area (Å²) >= 11 is 1.55. The Balaban J connectivity index is 2.34. The summed E-state index contributed by atoms with van der Waals surface area (Å²) < 4.78 is 5.56. The van der Waals surface area contributed by atoms with Crippen molar-refractivity contribution in [2.75, 3.05) is 6.26 Å². The maximum Gasteiger partial charge on any atom is 0.154 e. The van der Waals surface area contributed by atoms with Gasteiger partial charge in [0.05, 0.1) is 11.3 Å². The van der Waals surface area contributed by atoms with E-state index < -0.39 is 5.60 Å². The molecule has 0 saturated carbocycles. The molecule has 1 atom stereocenters. The monoisotopic (exact) mass is 226 g/mol. The van der Waals surface area contributed by atoms with Gasteiger partial charge >= 0.3 is 0 Å². The largest absolute Gasteiger partial charge is 0.489 e. The van der Waals surface area contributed by atoms with Crippen LogP contribution in [0.4, 0.5) is 0 Å². The Morgan fingerprint density at radius 3 is 3.07 bits per heavy atom. The lowest BCUT2D eigenvalue weighted by molar-refractivity contribution is -0.0539. The molecule has 5 heteroatoms. The Hall–Kier alpha value is -1.07. The zero-order valence-electron chi connectivity index (χ0n) is 8.73. The highest BCUT2D eigenvalue weighted by Gasteiger charge is 2.38. The number of nitrogens with one attached hydrogen (secondary N) is 1. The van der Waals surface area contributed by atoms with E-state index in [4.69, 9.17) is 4.74 Å². The average Bonchev–Trinajstić information content (AvgIpc) is 2.65. The molecular weight excluding hydrogens is 212 g/mol. The molecule has 0 aromatic rings. The molecule has 2 aliphatic rings. The fourth-order valence-electron chi connectivity index (χ4n) is 1.74. The van der Waals surface area contributed by atoms with E-state index in [0.29, 0.717) is 0 Å². The van der Waals surface area contributed by atoms with E-state index in [1.807, 2.05) is 19.3 Å². The van der Waals surface area contributed by atoms with Crippen LogP contribution in [0, 0.1) is 0 Å². The molecule has 0 radical (unpaired) electrons. The lowest BCUT2D eigenvalue weighted by Gasteiger charge is -2.34. The normalized spacial score (nSPS) is 29.4. The number of thioether (sulfide) groups is 1. The minimum atomic E-state index is -0.481. The van der Waals surface area contributed by atoms with Crippen molar-refractivity contribution in [1.29, 1.82) is 0 Å². The van der Waals surface area contributed by atoms with Crippen LogP contribution in [0.1, 0.15) is 13.3 Å². The highest BCUT2D eigenvalue weighted by molar-refractivity contribution is 8.02. The minimum Gasteiger partial charge on any atom is -0.489 e. The molecule has 1 unspecified atom stereocenters. The second-order valence-electron chi connectivity index (χ2n) is 3.61. The molecule has 0 saturated heterocycles. The molecular formula is C10H14N2O2S. The zero-order valence-corrected chi connectivity index (χ0v) is 9.54. The highest BCUT2D eigenvalue weighted by atomic mass is 32.2. The van der Waals surface area contributed by atoms with Gasteiger partial charge in [0, 0.05) is 18.8 Å². The van der Waals surface area contributed by atoms with Crippen LogP contribution in [-0.2, 0) is 4.74 Å². The molecule has 4 nitrogen and oxygen atoms in total. The number of hydroxylamine groups is 2. The maximum atomic E-state index is 9.82. The first-order chi connectivity index (χ1) is 7.17. The van der Waals surface area contributed by atoms with Gasteiger partial charge in [0.1, 0.15) is 5.70 Å². The molecule has 0 aromatic heterocycles. The molecule has 0 amide bonds. The third-order valence-electron chi connectivity index (χ3n) is 2.51. The van der Waals surface area contributed by atoms with Crippen molar-refractivity contribution in [2.45, 2.75) is 18.9 Å². The minimum absolute atomic E-state index is 0.481. The number of hydrogen-bond acceptors (Lipinski definition) is 5. The Morgan fingerprint density at radius 1 is 1.67 bits per heavy atom. The van der Waals surface area contributed by atoms with Gasteiger partial charge in [-0.1, -0.05) is 0 Å². The molecule has 0 fully saturated rings. The summed E-state index contributed by atoms with van der Waals surface area (Å²) in [6.07, 6.45) is 9.62. The van der Waals surface area contributed by atoms with E-state index in [-0.39, 0.29) is 0 Å². The van der Waals surface area contributed by atoms with Crippen LogP contribution in [0.3, 0.4) is 0 Å². The molecule has 2 aliphatic heterocycles. The summed E-state index contributed by atoms with van der Waals surface area (Å²) in [5, 5.41) is 15.0. The van der Waals surface area contributed by atoms with Crippen molar-refractivity contribution >= 4 is 11.8 Å². The molecule has 0 bridgehead atoms. The fraction of sp³-hybridized carbons (Fsp3) is 0.400. The van der Waals surface area contributed by atoms with E-state index >= 15 is 0 Å². The number of hydrogen-bond donors (Lipinski definition) is 2. The van der Waals surface area contributed by atoms with Crippen LogP contribution >= 0.6 is 11.8 Å². The summed E-state index contributed by atoms with van der Waals surface area (Å²) in [7, 11) is 0. The summed E-state index contributed by atoms with van der Waals surface area (Å²) in [6.45, 7) is 1.96. The first-order valence-corrected chi connectivity index (χ1v) is 5.93. The Bertz CT molecular complexity index is 341. The van der Waals surface area contributed by atoms with E-state index in [1.165, 1.54) is 0 Å². The highest BCUT2D eigenvalue weighted by Crippen LogP contribution is 2.37.